The second kappa shape index (κ2) is 2.98. The molecule has 82 valence electrons. The fourth-order valence-corrected chi connectivity index (χ4v) is 3.16. The number of carbonyl (C=O) groups excluding carboxylic acids is 1. The predicted molar refractivity (Wildman–Crippen MR) is 53.3 cm³/mol. The van der Waals surface area contributed by atoms with Gasteiger partial charge in [-0.1, -0.05) is 13.0 Å². The number of hydrogen-bond donors (Lipinski definition) is 1. The van der Waals surface area contributed by atoms with E-state index >= 15 is 0 Å². The highest BCUT2D eigenvalue weighted by atomic mass is 16.6. The molecule has 0 radical (unpaired) electrons. The fraction of sp³-hybridized carbons (Fsp3) is 0.727. The molecule has 2 fully saturated rings. The van der Waals surface area contributed by atoms with E-state index in [2.05, 4.69) is 13.0 Å². The quantitative estimate of drug-likeness (QED) is 0.653. The molecule has 0 aromatic rings. The van der Waals surface area contributed by atoms with E-state index < -0.39 is 6.10 Å². The fourth-order valence-electron chi connectivity index (χ4n) is 3.16. The Labute approximate surface area is 88.5 Å². The summed E-state index contributed by atoms with van der Waals surface area (Å²) in [5.41, 5.74) is 1.21. The number of ether oxygens (including phenoxy) is 1. The van der Waals surface area contributed by atoms with Crippen LogP contribution in [0.5, 0.6) is 0 Å². The molecule has 0 aromatic carbocycles. The Kier molecular flexibility index (Phi) is 1.83. The Bertz CT molecular complexity index is 339. The Morgan fingerprint density at radius 3 is 3.20 bits per heavy atom. The van der Waals surface area contributed by atoms with Gasteiger partial charge >= 0.3 is 6.09 Å². The molecule has 0 bridgehead atoms. The summed E-state index contributed by atoms with van der Waals surface area (Å²) in [6.45, 7) is 2.79. The van der Waals surface area contributed by atoms with Gasteiger partial charge in [0.1, 0.15) is 0 Å². The summed E-state index contributed by atoms with van der Waals surface area (Å²) in [6, 6.07) is 0.0196. The first-order chi connectivity index (χ1) is 7.24. The molecule has 0 spiro atoms. The van der Waals surface area contributed by atoms with Crippen LogP contribution < -0.4 is 0 Å². The second-order valence-electron chi connectivity index (χ2n) is 4.48. The van der Waals surface area contributed by atoms with Crippen LogP contribution in [0.3, 0.4) is 0 Å². The van der Waals surface area contributed by atoms with Crippen molar-refractivity contribution in [2.75, 3.05) is 6.54 Å². The topological polar surface area (TPSA) is 49.8 Å². The third kappa shape index (κ3) is 1.03. The molecular formula is C11H15NO3. The number of rotatable bonds is 1. The number of aliphatic hydroxyl groups is 1. The van der Waals surface area contributed by atoms with Crippen molar-refractivity contribution in [2.24, 2.45) is 5.92 Å². The zero-order valence-corrected chi connectivity index (χ0v) is 8.72. The third-order valence-corrected chi connectivity index (χ3v) is 3.83. The molecule has 2 heterocycles. The molecule has 3 rings (SSSR count). The van der Waals surface area contributed by atoms with E-state index in [9.17, 15) is 9.90 Å². The first-order valence-corrected chi connectivity index (χ1v) is 5.59. The third-order valence-electron chi connectivity index (χ3n) is 3.83. The van der Waals surface area contributed by atoms with Crippen molar-refractivity contribution in [3.63, 3.8) is 0 Å². The maximum Gasteiger partial charge on any atom is 0.410 e. The second-order valence-corrected chi connectivity index (χ2v) is 4.48. The number of amides is 1. The summed E-state index contributed by atoms with van der Waals surface area (Å²) in [7, 11) is 0. The number of nitrogens with zero attached hydrogens (tertiary/aromatic N) is 1. The van der Waals surface area contributed by atoms with E-state index in [0.717, 1.165) is 19.4 Å². The highest BCUT2D eigenvalue weighted by Crippen LogP contribution is 2.44. The van der Waals surface area contributed by atoms with Gasteiger partial charge < -0.3 is 9.84 Å². The van der Waals surface area contributed by atoms with E-state index in [0.29, 0.717) is 0 Å². The summed E-state index contributed by atoms with van der Waals surface area (Å²) >= 11 is 0. The van der Waals surface area contributed by atoms with E-state index in [-0.39, 0.29) is 24.2 Å². The molecule has 4 atom stereocenters. The molecule has 15 heavy (non-hydrogen) atoms. The first kappa shape index (κ1) is 9.21. The van der Waals surface area contributed by atoms with Crippen molar-refractivity contribution in [1.29, 1.82) is 0 Å². The monoisotopic (exact) mass is 209 g/mol. The summed E-state index contributed by atoms with van der Waals surface area (Å²) in [6.07, 6.45) is 2.87. The van der Waals surface area contributed by atoms with Crippen LogP contribution in [0.4, 0.5) is 4.79 Å². The Morgan fingerprint density at radius 2 is 2.47 bits per heavy atom. The van der Waals surface area contributed by atoms with Gasteiger partial charge in [0.15, 0.2) is 6.10 Å². The molecule has 0 unspecified atom stereocenters. The van der Waals surface area contributed by atoms with Gasteiger partial charge in [0.05, 0.1) is 12.1 Å². The standard InChI is InChI=1S/C11H15NO3/c1-2-6-7-4-3-5-12-8(7)10(9(6)13)15-11(12)14/h4,6,8-10,13H,2-3,5H2,1H3/t6-,8-,9+,10+/m0/s1. The van der Waals surface area contributed by atoms with Crippen molar-refractivity contribution in [3.8, 4) is 0 Å². The summed E-state index contributed by atoms with van der Waals surface area (Å²) < 4.78 is 5.24. The SMILES string of the molecule is CC[C@H]1C2=CCCN3C(=O)O[C@@H]([C@@H]1O)[C@H]23. The highest BCUT2D eigenvalue weighted by Gasteiger charge is 2.56. The molecule has 1 saturated heterocycles. The average Bonchev–Trinajstić information content (AvgIpc) is 2.70. The molecule has 1 amide bonds. The minimum absolute atomic E-state index is 0.0196. The van der Waals surface area contributed by atoms with Gasteiger partial charge in [0.2, 0.25) is 0 Å². The van der Waals surface area contributed by atoms with Crippen molar-refractivity contribution in [1.82, 2.24) is 4.90 Å². The minimum Gasteiger partial charge on any atom is -0.441 e. The lowest BCUT2D eigenvalue weighted by Gasteiger charge is -2.27. The van der Waals surface area contributed by atoms with E-state index in [1.165, 1.54) is 5.57 Å². The van der Waals surface area contributed by atoms with Gasteiger partial charge in [-0.3, -0.25) is 4.90 Å². The number of carbonyl (C=O) groups is 1. The maximum atomic E-state index is 11.5. The van der Waals surface area contributed by atoms with Crippen molar-refractivity contribution >= 4 is 6.09 Å². The number of aliphatic hydroxyl groups excluding tert-OH is 1. The van der Waals surface area contributed by atoms with Gasteiger partial charge in [0.25, 0.3) is 0 Å². The largest absolute Gasteiger partial charge is 0.441 e. The van der Waals surface area contributed by atoms with Crippen LogP contribution in [0.25, 0.3) is 0 Å². The lowest BCUT2D eigenvalue weighted by Crippen LogP contribution is -2.39. The molecule has 0 aromatic heterocycles. The van der Waals surface area contributed by atoms with Crippen molar-refractivity contribution in [2.45, 2.75) is 38.0 Å². The van der Waals surface area contributed by atoms with Gasteiger partial charge in [-0.15, -0.1) is 0 Å². The van der Waals surface area contributed by atoms with Crippen LogP contribution in [0.2, 0.25) is 0 Å². The van der Waals surface area contributed by atoms with Crippen LogP contribution in [-0.2, 0) is 4.74 Å². The average molecular weight is 209 g/mol. The summed E-state index contributed by atoms with van der Waals surface area (Å²) in [5.74, 6) is 0.177. The molecule has 1 saturated carbocycles. The molecule has 4 nitrogen and oxygen atoms in total. The van der Waals surface area contributed by atoms with E-state index in [4.69, 9.17) is 4.74 Å². The van der Waals surface area contributed by atoms with E-state index in [1.807, 2.05) is 0 Å². The number of hydrogen-bond acceptors (Lipinski definition) is 3. The molecule has 2 aliphatic heterocycles. The summed E-state index contributed by atoms with van der Waals surface area (Å²) in [4.78, 5) is 13.3. The van der Waals surface area contributed by atoms with Crippen molar-refractivity contribution < 1.29 is 14.6 Å². The molecule has 1 N–H and O–H groups in total. The first-order valence-electron chi connectivity index (χ1n) is 5.59. The Hall–Kier alpha value is -1.03. The Morgan fingerprint density at radius 1 is 1.67 bits per heavy atom. The summed E-state index contributed by atoms with van der Waals surface area (Å²) in [5, 5.41) is 10.1. The van der Waals surface area contributed by atoms with Gasteiger partial charge in [-0.2, -0.15) is 0 Å². The maximum absolute atomic E-state index is 11.5. The van der Waals surface area contributed by atoms with Gasteiger partial charge in [-0.05, 0) is 18.4 Å². The predicted octanol–water partition coefficient (Wildman–Crippen LogP) is 0.907. The molecule has 1 aliphatic carbocycles. The van der Waals surface area contributed by atoms with E-state index in [1.54, 1.807) is 4.90 Å². The zero-order chi connectivity index (χ0) is 10.6. The lowest BCUT2D eigenvalue weighted by atomic mass is 9.94. The van der Waals surface area contributed by atoms with Crippen LogP contribution in [0.1, 0.15) is 19.8 Å². The smallest absolute Gasteiger partial charge is 0.410 e. The van der Waals surface area contributed by atoms with Gasteiger partial charge in [-0.25, -0.2) is 4.79 Å². The zero-order valence-electron chi connectivity index (χ0n) is 8.72. The van der Waals surface area contributed by atoms with Crippen LogP contribution >= 0.6 is 0 Å². The Balaban J connectivity index is 2.02. The molecular weight excluding hydrogens is 194 g/mol. The highest BCUT2D eigenvalue weighted by molar-refractivity contribution is 5.73. The normalized spacial score (nSPS) is 42.7. The van der Waals surface area contributed by atoms with Crippen molar-refractivity contribution in [3.05, 3.63) is 11.6 Å². The lowest BCUT2D eigenvalue weighted by molar-refractivity contribution is 0.0218. The molecule has 4 heteroatoms. The van der Waals surface area contributed by atoms with Crippen LogP contribution in [0, 0.1) is 5.92 Å². The van der Waals surface area contributed by atoms with Crippen LogP contribution in [-0.4, -0.2) is 40.9 Å². The van der Waals surface area contributed by atoms with Gasteiger partial charge in [0, 0.05) is 12.5 Å². The minimum atomic E-state index is -0.515. The molecule has 3 aliphatic rings. The van der Waals surface area contributed by atoms with Crippen LogP contribution in [0.15, 0.2) is 11.6 Å².